The molecule has 0 radical (unpaired) electrons. The molecule has 0 saturated carbocycles. The Labute approximate surface area is 148 Å². The number of hydrogen-bond donors (Lipinski definition) is 1. The van der Waals surface area contributed by atoms with Crippen molar-refractivity contribution in [2.75, 3.05) is 7.11 Å². The Morgan fingerprint density at radius 1 is 1.28 bits per heavy atom. The van der Waals surface area contributed by atoms with Crippen LogP contribution >= 0.6 is 11.3 Å². The molecule has 8 heteroatoms. The van der Waals surface area contributed by atoms with Gasteiger partial charge in [-0.25, -0.2) is 0 Å². The van der Waals surface area contributed by atoms with Gasteiger partial charge < -0.3 is 19.3 Å². The number of para-hydroxylation sites is 2. The summed E-state index contributed by atoms with van der Waals surface area (Å²) < 4.78 is 16.0. The zero-order chi connectivity index (χ0) is 17.6. The number of amides is 1. The minimum atomic E-state index is -0.698. The number of nitrogens with one attached hydrogen (secondary N) is 1. The van der Waals surface area contributed by atoms with Crippen molar-refractivity contribution in [1.29, 1.82) is 0 Å². The lowest BCUT2D eigenvalue weighted by Crippen LogP contribution is -2.36. The molecule has 3 rings (SSSR count). The van der Waals surface area contributed by atoms with E-state index in [9.17, 15) is 4.79 Å². The number of thiophene rings is 1. The monoisotopic (exact) mass is 359 g/mol. The second-order valence-corrected chi connectivity index (χ2v) is 6.07. The summed E-state index contributed by atoms with van der Waals surface area (Å²) in [4.78, 5) is 17.4. The van der Waals surface area contributed by atoms with Gasteiger partial charge in [0.1, 0.15) is 0 Å². The minimum Gasteiger partial charge on any atom is -0.493 e. The number of nitrogens with zero attached hydrogens (tertiary/aromatic N) is 2. The molecule has 7 nitrogen and oxygen atoms in total. The van der Waals surface area contributed by atoms with Crippen LogP contribution in [0.3, 0.4) is 0 Å². The molecule has 0 bridgehead atoms. The number of rotatable bonds is 7. The smallest absolute Gasteiger partial charge is 0.261 e. The molecule has 1 N–H and O–H groups in total. The van der Waals surface area contributed by atoms with Crippen molar-refractivity contribution in [3.05, 3.63) is 47.7 Å². The molecule has 130 valence electrons. The van der Waals surface area contributed by atoms with Crippen molar-refractivity contribution in [2.24, 2.45) is 0 Å². The van der Waals surface area contributed by atoms with Crippen LogP contribution in [0.4, 0.5) is 0 Å². The van der Waals surface area contributed by atoms with E-state index in [1.165, 1.54) is 11.3 Å². The molecule has 0 spiro atoms. The molecule has 0 aliphatic rings. The van der Waals surface area contributed by atoms with Gasteiger partial charge in [-0.15, -0.1) is 11.3 Å². The van der Waals surface area contributed by atoms with Gasteiger partial charge in [-0.2, -0.15) is 4.98 Å². The lowest BCUT2D eigenvalue weighted by molar-refractivity contribution is -0.127. The molecule has 0 fully saturated rings. The van der Waals surface area contributed by atoms with Crippen molar-refractivity contribution >= 4 is 17.2 Å². The molecule has 3 aromatic rings. The topological polar surface area (TPSA) is 86.5 Å². The van der Waals surface area contributed by atoms with Gasteiger partial charge in [-0.05, 0) is 30.5 Å². The Morgan fingerprint density at radius 2 is 2.08 bits per heavy atom. The van der Waals surface area contributed by atoms with Gasteiger partial charge in [0.15, 0.2) is 17.6 Å². The summed E-state index contributed by atoms with van der Waals surface area (Å²) >= 11 is 1.52. The van der Waals surface area contributed by atoms with Crippen molar-refractivity contribution < 1.29 is 18.8 Å². The van der Waals surface area contributed by atoms with E-state index in [-0.39, 0.29) is 12.5 Å². The van der Waals surface area contributed by atoms with E-state index in [0.717, 1.165) is 4.88 Å². The van der Waals surface area contributed by atoms with E-state index >= 15 is 0 Å². The van der Waals surface area contributed by atoms with Crippen LogP contribution in [0.25, 0.3) is 10.7 Å². The van der Waals surface area contributed by atoms with Crippen molar-refractivity contribution in [2.45, 2.75) is 19.6 Å². The van der Waals surface area contributed by atoms with Gasteiger partial charge in [0.05, 0.1) is 18.5 Å². The highest BCUT2D eigenvalue weighted by molar-refractivity contribution is 7.13. The van der Waals surface area contributed by atoms with Crippen LogP contribution in [0.1, 0.15) is 12.8 Å². The summed E-state index contributed by atoms with van der Waals surface area (Å²) in [5.41, 5.74) is 0. The van der Waals surface area contributed by atoms with E-state index in [2.05, 4.69) is 15.5 Å². The molecule has 0 aliphatic heterocycles. The van der Waals surface area contributed by atoms with Crippen molar-refractivity contribution in [1.82, 2.24) is 15.5 Å². The van der Waals surface area contributed by atoms with E-state index in [4.69, 9.17) is 14.0 Å². The molecular formula is C17H17N3O4S. The highest BCUT2D eigenvalue weighted by atomic mass is 32.1. The third-order valence-corrected chi connectivity index (χ3v) is 4.23. The van der Waals surface area contributed by atoms with Crippen LogP contribution in [-0.2, 0) is 11.3 Å². The maximum absolute atomic E-state index is 12.2. The Balaban J connectivity index is 1.55. The first-order chi connectivity index (χ1) is 12.2. The quantitative estimate of drug-likeness (QED) is 0.698. The number of carbonyl (C=O) groups excluding carboxylic acids is 1. The minimum absolute atomic E-state index is 0.136. The molecular weight excluding hydrogens is 342 g/mol. The number of carbonyl (C=O) groups is 1. The number of benzene rings is 1. The van der Waals surface area contributed by atoms with Crippen LogP contribution in [0.15, 0.2) is 46.3 Å². The third-order valence-electron chi connectivity index (χ3n) is 3.37. The fourth-order valence-electron chi connectivity index (χ4n) is 2.10. The standard InChI is InChI=1S/C17H17N3O4S/c1-11(23-13-7-4-3-6-12(13)22-2)17(21)18-10-15-19-16(20-24-15)14-8-5-9-25-14/h3-9,11H,10H2,1-2H3,(H,18,21). The Bertz CT molecular complexity index is 832. The lowest BCUT2D eigenvalue weighted by atomic mass is 10.3. The summed E-state index contributed by atoms with van der Waals surface area (Å²) in [6, 6.07) is 11.0. The Morgan fingerprint density at radius 3 is 2.80 bits per heavy atom. The van der Waals surface area contributed by atoms with Crippen LogP contribution in [0.5, 0.6) is 11.5 Å². The van der Waals surface area contributed by atoms with Gasteiger partial charge in [0.25, 0.3) is 5.91 Å². The van der Waals surface area contributed by atoms with Gasteiger partial charge in [-0.3, -0.25) is 4.79 Å². The summed E-state index contributed by atoms with van der Waals surface area (Å²) in [6.45, 7) is 1.80. The van der Waals surface area contributed by atoms with E-state index in [1.807, 2.05) is 29.6 Å². The Kier molecular flexibility index (Phi) is 5.30. The molecule has 0 aliphatic carbocycles. The first kappa shape index (κ1) is 17.0. The fourth-order valence-corrected chi connectivity index (χ4v) is 2.75. The zero-order valence-electron chi connectivity index (χ0n) is 13.8. The predicted molar refractivity (Wildman–Crippen MR) is 92.5 cm³/mol. The SMILES string of the molecule is COc1ccccc1OC(C)C(=O)NCc1nc(-c2cccs2)no1. The van der Waals surface area contributed by atoms with Crippen molar-refractivity contribution in [3.63, 3.8) is 0 Å². The van der Waals surface area contributed by atoms with E-state index < -0.39 is 6.10 Å². The maximum Gasteiger partial charge on any atom is 0.261 e. The normalized spacial score (nSPS) is 11.8. The maximum atomic E-state index is 12.2. The van der Waals surface area contributed by atoms with Gasteiger partial charge in [-0.1, -0.05) is 23.4 Å². The number of hydrogen-bond acceptors (Lipinski definition) is 7. The van der Waals surface area contributed by atoms with Crippen LogP contribution in [-0.4, -0.2) is 29.3 Å². The average Bonchev–Trinajstić information content (AvgIpc) is 3.31. The second-order valence-electron chi connectivity index (χ2n) is 5.12. The molecule has 1 aromatic carbocycles. The molecule has 1 unspecified atom stereocenters. The van der Waals surface area contributed by atoms with E-state index in [1.54, 1.807) is 26.2 Å². The van der Waals surface area contributed by atoms with Gasteiger partial charge in [0.2, 0.25) is 11.7 Å². The highest BCUT2D eigenvalue weighted by Crippen LogP contribution is 2.26. The first-order valence-electron chi connectivity index (χ1n) is 7.61. The number of methoxy groups -OCH3 is 1. The average molecular weight is 359 g/mol. The summed E-state index contributed by atoms with van der Waals surface area (Å²) in [5.74, 6) is 1.63. The van der Waals surface area contributed by atoms with Gasteiger partial charge >= 0.3 is 0 Å². The van der Waals surface area contributed by atoms with E-state index in [0.29, 0.717) is 23.2 Å². The largest absolute Gasteiger partial charge is 0.493 e. The molecule has 25 heavy (non-hydrogen) atoms. The third kappa shape index (κ3) is 4.16. The van der Waals surface area contributed by atoms with Crippen LogP contribution in [0, 0.1) is 0 Å². The van der Waals surface area contributed by atoms with Crippen molar-refractivity contribution in [3.8, 4) is 22.2 Å². The predicted octanol–water partition coefficient (Wildman–Crippen LogP) is 2.89. The number of aromatic nitrogens is 2. The van der Waals surface area contributed by atoms with Gasteiger partial charge in [0, 0.05) is 0 Å². The number of ether oxygens (including phenoxy) is 2. The molecule has 2 heterocycles. The fraction of sp³-hybridized carbons (Fsp3) is 0.235. The first-order valence-corrected chi connectivity index (χ1v) is 8.49. The summed E-state index contributed by atoms with van der Waals surface area (Å²) in [6.07, 6.45) is -0.698. The summed E-state index contributed by atoms with van der Waals surface area (Å²) in [5, 5.41) is 8.55. The summed E-state index contributed by atoms with van der Waals surface area (Å²) in [7, 11) is 1.55. The van der Waals surface area contributed by atoms with Crippen LogP contribution in [0.2, 0.25) is 0 Å². The second kappa shape index (κ2) is 7.80. The lowest BCUT2D eigenvalue weighted by Gasteiger charge is -2.16. The molecule has 0 saturated heterocycles. The zero-order valence-corrected chi connectivity index (χ0v) is 14.6. The highest BCUT2D eigenvalue weighted by Gasteiger charge is 2.18. The molecule has 1 amide bonds. The van der Waals surface area contributed by atoms with Crippen LogP contribution < -0.4 is 14.8 Å². The molecule has 2 aromatic heterocycles. The Hall–Kier alpha value is -2.87. The molecule has 1 atom stereocenters.